The fourth-order valence-corrected chi connectivity index (χ4v) is 3.85. The molecule has 0 spiro atoms. The van der Waals surface area contributed by atoms with E-state index in [1.807, 2.05) is 29.2 Å². The quantitative estimate of drug-likeness (QED) is 0.417. The Labute approximate surface area is 180 Å². The number of methoxy groups -OCH3 is 1. The summed E-state index contributed by atoms with van der Waals surface area (Å²) >= 11 is 0. The molecule has 4 nitrogen and oxygen atoms in total. The first-order valence-electron chi connectivity index (χ1n) is 10.7. The first-order valence-corrected chi connectivity index (χ1v) is 10.7. The maximum atomic E-state index is 13.5. The van der Waals surface area contributed by atoms with E-state index in [1.165, 1.54) is 5.56 Å². The van der Waals surface area contributed by atoms with Crippen LogP contribution in [0.3, 0.4) is 0 Å². The van der Waals surface area contributed by atoms with Gasteiger partial charge in [-0.05, 0) is 36.1 Å². The maximum Gasteiger partial charge on any atom is 0.230 e. The number of benzene rings is 2. The molecule has 1 unspecified atom stereocenters. The van der Waals surface area contributed by atoms with E-state index in [4.69, 9.17) is 4.74 Å². The topological polar surface area (TPSA) is 34.5 Å². The second-order valence-electron chi connectivity index (χ2n) is 7.59. The van der Waals surface area contributed by atoms with E-state index in [1.54, 1.807) is 7.11 Å². The lowest BCUT2D eigenvalue weighted by Gasteiger charge is -2.28. The summed E-state index contributed by atoms with van der Waals surface area (Å²) in [6.07, 6.45) is 3.70. The van der Waals surface area contributed by atoms with Crippen molar-refractivity contribution in [2.75, 3.05) is 20.3 Å². The van der Waals surface area contributed by atoms with Crippen molar-refractivity contribution in [1.82, 2.24) is 9.47 Å². The van der Waals surface area contributed by atoms with Crippen LogP contribution in [-0.2, 0) is 22.6 Å². The van der Waals surface area contributed by atoms with E-state index < -0.39 is 0 Å². The molecule has 0 bridgehead atoms. The largest absolute Gasteiger partial charge is 0.385 e. The van der Waals surface area contributed by atoms with Gasteiger partial charge in [-0.15, -0.1) is 0 Å². The van der Waals surface area contributed by atoms with Crippen molar-refractivity contribution in [1.29, 1.82) is 0 Å². The van der Waals surface area contributed by atoms with Crippen molar-refractivity contribution in [3.63, 3.8) is 0 Å². The molecule has 1 heterocycles. The average molecular weight is 405 g/mol. The molecule has 1 aromatic heterocycles. The first kappa shape index (κ1) is 21.8. The molecule has 0 radical (unpaired) electrons. The number of nitrogens with zero attached hydrogens (tertiary/aromatic N) is 2. The van der Waals surface area contributed by atoms with E-state index in [9.17, 15) is 4.79 Å². The van der Waals surface area contributed by atoms with Crippen LogP contribution in [0.15, 0.2) is 79.0 Å². The maximum absolute atomic E-state index is 13.5. The molecule has 0 saturated carbocycles. The van der Waals surface area contributed by atoms with Crippen LogP contribution in [-0.4, -0.2) is 35.6 Å². The van der Waals surface area contributed by atoms with Gasteiger partial charge >= 0.3 is 0 Å². The molecule has 1 amide bonds. The Morgan fingerprint density at radius 2 is 1.70 bits per heavy atom. The minimum Gasteiger partial charge on any atom is -0.385 e. The van der Waals surface area contributed by atoms with Gasteiger partial charge in [-0.2, -0.15) is 0 Å². The number of hydrogen-bond acceptors (Lipinski definition) is 2. The van der Waals surface area contributed by atoms with E-state index in [0.717, 1.165) is 30.6 Å². The zero-order valence-electron chi connectivity index (χ0n) is 18.0. The predicted molar refractivity (Wildman–Crippen MR) is 121 cm³/mol. The van der Waals surface area contributed by atoms with Gasteiger partial charge < -0.3 is 14.2 Å². The summed E-state index contributed by atoms with van der Waals surface area (Å²) in [6, 6.07) is 24.7. The van der Waals surface area contributed by atoms with Crippen LogP contribution < -0.4 is 0 Å². The number of rotatable bonds is 11. The molecule has 0 aliphatic carbocycles. The monoisotopic (exact) mass is 404 g/mol. The van der Waals surface area contributed by atoms with E-state index in [0.29, 0.717) is 19.7 Å². The lowest BCUT2D eigenvalue weighted by molar-refractivity contribution is -0.133. The third-order valence-electron chi connectivity index (χ3n) is 5.47. The highest BCUT2D eigenvalue weighted by atomic mass is 16.5. The third kappa shape index (κ3) is 5.83. The summed E-state index contributed by atoms with van der Waals surface area (Å²) in [5, 5.41) is 0. The molecule has 1 atom stereocenters. The molecule has 0 fully saturated rings. The van der Waals surface area contributed by atoms with Crippen LogP contribution in [0, 0.1) is 0 Å². The fraction of sp³-hybridized carbons (Fsp3) is 0.346. The Hall–Kier alpha value is -2.85. The molecule has 2 aromatic carbocycles. The van der Waals surface area contributed by atoms with Gasteiger partial charge in [-0.25, -0.2) is 0 Å². The highest BCUT2D eigenvalue weighted by Gasteiger charge is 2.25. The van der Waals surface area contributed by atoms with Crippen molar-refractivity contribution in [2.24, 2.45) is 0 Å². The fourth-order valence-electron chi connectivity index (χ4n) is 3.85. The number of amides is 1. The molecule has 30 heavy (non-hydrogen) atoms. The smallest absolute Gasteiger partial charge is 0.230 e. The standard InChI is InChI=1S/C26H32N2O2/c1-3-25(23-14-8-5-9-15-23)26(29)28(18-11-19-30-2)21-24-16-10-17-27(24)20-22-12-6-4-7-13-22/h4-10,12-17,25H,3,11,18-21H2,1-2H3. The van der Waals surface area contributed by atoms with Crippen molar-refractivity contribution < 1.29 is 9.53 Å². The van der Waals surface area contributed by atoms with Crippen LogP contribution in [0.1, 0.15) is 42.5 Å². The zero-order valence-corrected chi connectivity index (χ0v) is 18.0. The summed E-state index contributed by atoms with van der Waals surface area (Å²) < 4.78 is 7.47. The molecular weight excluding hydrogens is 372 g/mol. The second kappa shape index (κ2) is 11.4. The van der Waals surface area contributed by atoms with Gasteiger partial charge in [-0.1, -0.05) is 67.6 Å². The van der Waals surface area contributed by atoms with Gasteiger partial charge in [0.25, 0.3) is 0 Å². The normalized spacial score (nSPS) is 11.9. The number of carbonyl (C=O) groups is 1. The lowest BCUT2D eigenvalue weighted by Crippen LogP contribution is -2.36. The van der Waals surface area contributed by atoms with E-state index in [2.05, 4.69) is 66.2 Å². The minimum absolute atomic E-state index is 0.119. The van der Waals surface area contributed by atoms with Crippen molar-refractivity contribution in [3.05, 3.63) is 95.8 Å². The Morgan fingerprint density at radius 1 is 1.00 bits per heavy atom. The van der Waals surface area contributed by atoms with Gasteiger partial charge in [0.15, 0.2) is 0 Å². The molecule has 158 valence electrons. The van der Waals surface area contributed by atoms with Gasteiger partial charge in [-0.3, -0.25) is 4.79 Å². The van der Waals surface area contributed by atoms with Gasteiger partial charge in [0.2, 0.25) is 5.91 Å². The number of aromatic nitrogens is 1. The summed E-state index contributed by atoms with van der Waals surface area (Å²) in [6.45, 7) is 4.83. The van der Waals surface area contributed by atoms with Gasteiger partial charge in [0.05, 0.1) is 12.5 Å². The Morgan fingerprint density at radius 3 is 2.37 bits per heavy atom. The predicted octanol–water partition coefficient (Wildman–Crippen LogP) is 5.10. The summed E-state index contributed by atoms with van der Waals surface area (Å²) in [5.41, 5.74) is 3.48. The molecule has 3 aromatic rings. The van der Waals surface area contributed by atoms with Crippen LogP contribution in [0.2, 0.25) is 0 Å². The Bertz CT molecular complexity index is 890. The third-order valence-corrected chi connectivity index (χ3v) is 5.47. The molecule has 0 N–H and O–H groups in total. The van der Waals surface area contributed by atoms with Crippen molar-refractivity contribution in [3.8, 4) is 0 Å². The number of carbonyl (C=O) groups excluding carboxylic acids is 1. The zero-order chi connectivity index (χ0) is 21.2. The molecule has 0 saturated heterocycles. The number of ether oxygens (including phenoxy) is 1. The van der Waals surface area contributed by atoms with E-state index >= 15 is 0 Å². The van der Waals surface area contributed by atoms with Gasteiger partial charge in [0, 0.05) is 38.7 Å². The van der Waals surface area contributed by atoms with E-state index in [-0.39, 0.29) is 11.8 Å². The van der Waals surface area contributed by atoms with Crippen LogP contribution >= 0.6 is 0 Å². The molecular formula is C26H32N2O2. The Kier molecular flexibility index (Phi) is 8.28. The van der Waals surface area contributed by atoms with Crippen molar-refractivity contribution in [2.45, 2.75) is 38.8 Å². The first-order chi connectivity index (χ1) is 14.7. The van der Waals surface area contributed by atoms with Gasteiger partial charge in [0.1, 0.15) is 0 Å². The SMILES string of the molecule is CCC(C(=O)N(CCCOC)Cc1cccn1Cc1ccccc1)c1ccccc1. The molecule has 0 aliphatic heterocycles. The summed E-state index contributed by atoms with van der Waals surface area (Å²) in [5.74, 6) is 0.0681. The minimum atomic E-state index is -0.119. The van der Waals surface area contributed by atoms with Crippen LogP contribution in [0.25, 0.3) is 0 Å². The average Bonchev–Trinajstić information content (AvgIpc) is 3.21. The van der Waals surface area contributed by atoms with Crippen molar-refractivity contribution >= 4 is 5.91 Å². The summed E-state index contributed by atoms with van der Waals surface area (Å²) in [4.78, 5) is 15.5. The summed E-state index contributed by atoms with van der Waals surface area (Å²) in [7, 11) is 1.70. The Balaban J connectivity index is 1.79. The number of hydrogen-bond donors (Lipinski definition) is 0. The second-order valence-corrected chi connectivity index (χ2v) is 7.59. The highest BCUT2D eigenvalue weighted by Crippen LogP contribution is 2.23. The highest BCUT2D eigenvalue weighted by molar-refractivity contribution is 5.83. The van der Waals surface area contributed by atoms with Crippen LogP contribution in [0.4, 0.5) is 0 Å². The molecule has 3 rings (SSSR count). The molecule has 0 aliphatic rings. The molecule has 4 heteroatoms. The van der Waals surface area contributed by atoms with Crippen LogP contribution in [0.5, 0.6) is 0 Å². The lowest BCUT2D eigenvalue weighted by atomic mass is 9.95.